The monoisotopic (exact) mass is 801 g/mol. The van der Waals surface area contributed by atoms with Crippen LogP contribution >= 0.6 is 0 Å². The van der Waals surface area contributed by atoms with Crippen molar-refractivity contribution in [2.75, 3.05) is 72.1 Å². The van der Waals surface area contributed by atoms with E-state index in [4.69, 9.17) is 29.0 Å². The Labute approximate surface area is 342 Å². The highest BCUT2D eigenvalue weighted by molar-refractivity contribution is 6.06. The minimum atomic E-state index is -1.10. The molecule has 1 saturated heterocycles. The first-order valence-corrected chi connectivity index (χ1v) is 19.7. The van der Waals surface area contributed by atoms with Crippen LogP contribution in [0.2, 0.25) is 0 Å². The quantitative estimate of drug-likeness (QED) is 0.199. The second-order valence-corrected chi connectivity index (χ2v) is 14.9. The van der Waals surface area contributed by atoms with Crippen molar-refractivity contribution in [2.24, 2.45) is 9.98 Å². The fourth-order valence-electron chi connectivity index (χ4n) is 7.82. The molecule has 306 valence electrons. The number of fused-ring (bicyclic) bond motifs is 4. The molecular formula is C44H47N7O8. The molecule has 5 aliphatic rings. The summed E-state index contributed by atoms with van der Waals surface area (Å²) in [6.07, 6.45) is 11.4. The average Bonchev–Trinajstić information content (AvgIpc) is 3.81. The molecule has 5 aliphatic heterocycles. The Balaban J connectivity index is 0.876. The van der Waals surface area contributed by atoms with Gasteiger partial charge in [-0.25, -0.2) is 4.79 Å². The highest BCUT2D eigenvalue weighted by atomic mass is 16.5. The highest BCUT2D eigenvalue weighted by Crippen LogP contribution is 2.41. The molecule has 2 N–H and O–H groups in total. The molecule has 3 aromatic rings. The third-order valence-corrected chi connectivity index (χ3v) is 11.1. The van der Waals surface area contributed by atoms with E-state index in [9.17, 15) is 14.4 Å². The summed E-state index contributed by atoms with van der Waals surface area (Å²) >= 11 is 0. The van der Waals surface area contributed by atoms with E-state index in [2.05, 4.69) is 51.4 Å². The zero-order valence-corrected chi connectivity index (χ0v) is 33.3. The predicted octanol–water partition coefficient (Wildman–Crippen LogP) is 5.91. The third kappa shape index (κ3) is 8.37. The van der Waals surface area contributed by atoms with Crippen molar-refractivity contribution in [1.29, 1.82) is 0 Å². The van der Waals surface area contributed by atoms with E-state index in [0.29, 0.717) is 64.8 Å². The first kappa shape index (κ1) is 39.2. The fourth-order valence-corrected chi connectivity index (χ4v) is 7.82. The predicted molar refractivity (Wildman–Crippen MR) is 224 cm³/mol. The molecule has 0 spiro atoms. The van der Waals surface area contributed by atoms with Gasteiger partial charge in [-0.1, -0.05) is 24.3 Å². The number of methoxy groups -OCH3 is 2. The number of benzene rings is 3. The Morgan fingerprint density at radius 1 is 0.797 bits per heavy atom. The maximum atomic E-state index is 13.9. The van der Waals surface area contributed by atoms with Crippen molar-refractivity contribution in [1.82, 2.24) is 20.0 Å². The molecule has 0 saturated carbocycles. The van der Waals surface area contributed by atoms with Crippen LogP contribution in [0.5, 0.6) is 23.0 Å². The van der Waals surface area contributed by atoms with Gasteiger partial charge in [0.15, 0.2) is 23.0 Å². The van der Waals surface area contributed by atoms with Gasteiger partial charge in [0, 0.05) is 88.2 Å². The number of aliphatic imine (C=N–C) groups is 2. The highest BCUT2D eigenvalue weighted by Gasteiger charge is 2.35. The minimum Gasteiger partial charge on any atom is -0.493 e. The largest absolute Gasteiger partial charge is 0.493 e. The van der Waals surface area contributed by atoms with E-state index >= 15 is 0 Å². The first-order chi connectivity index (χ1) is 28.7. The molecule has 0 aliphatic carbocycles. The maximum absolute atomic E-state index is 13.9. The summed E-state index contributed by atoms with van der Waals surface area (Å²) < 4.78 is 23.5. The Kier molecular flexibility index (Phi) is 11.4. The van der Waals surface area contributed by atoms with Crippen LogP contribution in [0, 0.1) is 0 Å². The summed E-state index contributed by atoms with van der Waals surface area (Å²) in [4.78, 5) is 55.7. The minimum absolute atomic E-state index is 0.146. The summed E-state index contributed by atoms with van der Waals surface area (Å²) in [5, 5.41) is 11.1. The van der Waals surface area contributed by atoms with Crippen molar-refractivity contribution < 1.29 is 38.4 Å². The number of hydrogen-bond acceptors (Lipinski definition) is 11. The lowest BCUT2D eigenvalue weighted by atomic mass is 10.0. The standard InChI is InChI=1S/C44H47N7O8/c1-48-12-14-49(15-13-48)31-9-7-29(8-10-31)30-19-33-25-47-37-23-41(39(57-3)21-35(37)43(53)51(33)27-30)59-17-5-16-58-40-22-36-34(20-38(40)56-2)42(52)50-26-28(18-32(50)24-46-36)6-4-11-45-44(54)55/h4,6-10,20-27,32-33,45H,5,11-19H2,1-3H3,(H,54,55)/b6-4+/t32-,33-/m0/s1. The molecule has 0 unspecified atom stereocenters. The lowest BCUT2D eigenvalue weighted by Crippen LogP contribution is -2.44. The molecule has 15 heteroatoms. The second kappa shape index (κ2) is 17.1. The summed E-state index contributed by atoms with van der Waals surface area (Å²) in [5.41, 5.74) is 6.10. The van der Waals surface area contributed by atoms with E-state index in [1.807, 2.05) is 12.4 Å². The summed E-state index contributed by atoms with van der Waals surface area (Å²) in [7, 11) is 5.21. The molecular weight excluding hydrogens is 755 g/mol. The normalized spacial score (nSPS) is 19.7. The molecule has 15 nitrogen and oxygen atoms in total. The molecule has 1 fully saturated rings. The third-order valence-electron chi connectivity index (χ3n) is 11.1. The number of carboxylic acid groups (broad SMARTS) is 1. The molecule has 59 heavy (non-hydrogen) atoms. The second-order valence-electron chi connectivity index (χ2n) is 14.9. The van der Waals surface area contributed by atoms with Gasteiger partial charge < -0.3 is 49.0 Å². The van der Waals surface area contributed by atoms with Gasteiger partial charge in [0.05, 0.1) is 62.0 Å². The van der Waals surface area contributed by atoms with Gasteiger partial charge in [0.2, 0.25) is 0 Å². The van der Waals surface area contributed by atoms with Crippen LogP contribution in [0.15, 0.2) is 88.6 Å². The van der Waals surface area contributed by atoms with E-state index in [1.165, 1.54) is 12.8 Å². The number of amides is 3. The molecule has 3 aromatic carbocycles. The van der Waals surface area contributed by atoms with E-state index in [-0.39, 0.29) is 43.7 Å². The summed E-state index contributed by atoms with van der Waals surface area (Å²) in [6.45, 7) is 4.86. The van der Waals surface area contributed by atoms with Crippen molar-refractivity contribution in [2.45, 2.75) is 31.3 Å². The van der Waals surface area contributed by atoms with Crippen LogP contribution in [0.3, 0.4) is 0 Å². The summed E-state index contributed by atoms with van der Waals surface area (Å²) in [5.74, 6) is 1.36. The van der Waals surface area contributed by atoms with Crippen LogP contribution in [-0.4, -0.2) is 129 Å². The number of piperazine rings is 1. The smallest absolute Gasteiger partial charge is 0.404 e. The van der Waals surface area contributed by atoms with Gasteiger partial charge in [0.25, 0.3) is 11.8 Å². The van der Waals surface area contributed by atoms with E-state index < -0.39 is 6.09 Å². The Morgan fingerprint density at radius 2 is 1.37 bits per heavy atom. The van der Waals surface area contributed by atoms with Gasteiger partial charge in [-0.3, -0.25) is 19.6 Å². The Bertz CT molecular complexity index is 2280. The molecule has 8 rings (SSSR count). The van der Waals surface area contributed by atoms with Gasteiger partial charge in [-0.2, -0.15) is 0 Å². The van der Waals surface area contributed by atoms with Crippen LogP contribution in [0.1, 0.15) is 45.5 Å². The number of likely N-dealkylation sites (N-methyl/N-ethyl adjacent to an activating group) is 1. The van der Waals surface area contributed by atoms with Gasteiger partial charge in [-0.15, -0.1) is 0 Å². The topological polar surface area (TPSA) is 158 Å². The molecule has 0 bridgehead atoms. The molecule has 0 aromatic heterocycles. The number of rotatable bonds is 13. The van der Waals surface area contributed by atoms with Crippen molar-refractivity contribution in [3.8, 4) is 23.0 Å². The van der Waals surface area contributed by atoms with Gasteiger partial charge in [-0.05, 0) is 54.4 Å². The number of anilines is 1. The SMILES string of the molecule is COc1cc2c(cc1OCCCOc1cc3c(cc1OC)C(=O)N1C=C(c4ccc(N5CCN(C)CC5)cc4)C[C@H]1C=N3)N=C[C@@H]1CC(/C=C/CNC(=O)O)=CN1C2=O. The van der Waals surface area contributed by atoms with Crippen LogP contribution in [0.25, 0.3) is 5.57 Å². The molecule has 3 amide bonds. The molecule has 2 atom stereocenters. The number of ether oxygens (including phenoxy) is 4. The van der Waals surface area contributed by atoms with Crippen LogP contribution < -0.4 is 29.2 Å². The zero-order chi connectivity index (χ0) is 41.0. The van der Waals surface area contributed by atoms with Crippen LogP contribution in [-0.2, 0) is 0 Å². The number of carbonyl (C=O) groups is 3. The lowest BCUT2D eigenvalue weighted by molar-refractivity contribution is 0.0809. The van der Waals surface area contributed by atoms with Gasteiger partial charge in [0.1, 0.15) is 0 Å². The Hall–Kier alpha value is -6.61. The molecule has 5 heterocycles. The zero-order valence-electron chi connectivity index (χ0n) is 33.3. The van der Waals surface area contributed by atoms with E-state index in [1.54, 1.807) is 65.7 Å². The number of hydrogen-bond donors (Lipinski definition) is 2. The molecule has 0 radical (unpaired) electrons. The van der Waals surface area contributed by atoms with Crippen LogP contribution in [0.4, 0.5) is 21.9 Å². The van der Waals surface area contributed by atoms with Crippen molar-refractivity contribution >= 4 is 53.0 Å². The number of carbonyl (C=O) groups excluding carboxylic acids is 2. The Morgan fingerprint density at radius 3 is 1.95 bits per heavy atom. The van der Waals surface area contributed by atoms with Crippen molar-refractivity contribution in [3.05, 3.63) is 95.3 Å². The average molecular weight is 802 g/mol. The number of nitrogens with zero attached hydrogens (tertiary/aromatic N) is 6. The fraction of sp³-hybridized carbons (Fsp3) is 0.341. The maximum Gasteiger partial charge on any atom is 0.404 e. The van der Waals surface area contributed by atoms with Gasteiger partial charge >= 0.3 is 6.09 Å². The first-order valence-electron chi connectivity index (χ1n) is 19.7. The lowest BCUT2D eigenvalue weighted by Gasteiger charge is -2.34. The summed E-state index contributed by atoms with van der Waals surface area (Å²) in [6, 6.07) is 14.9. The van der Waals surface area contributed by atoms with Crippen molar-refractivity contribution in [3.63, 3.8) is 0 Å². The number of allylic oxidation sites excluding steroid dienone is 1. The van der Waals surface area contributed by atoms with E-state index in [0.717, 1.165) is 42.9 Å². The number of nitrogens with one attached hydrogen (secondary N) is 1.